The Labute approximate surface area is 324 Å². The quantitative estimate of drug-likeness (QED) is 0.182. The second kappa shape index (κ2) is 12.1. The normalized spacial score (nSPS) is 16.7. The summed E-state index contributed by atoms with van der Waals surface area (Å²) in [5, 5.41) is 7.57. The van der Waals surface area contributed by atoms with E-state index in [1.165, 1.54) is 60.1 Å². The molecule has 3 aliphatic rings. The van der Waals surface area contributed by atoms with Gasteiger partial charge in [0.1, 0.15) is 5.82 Å². The van der Waals surface area contributed by atoms with Crippen LogP contribution >= 0.6 is 0 Å². The molecule has 0 bridgehead atoms. The molecule has 2 atom stereocenters. The van der Waals surface area contributed by atoms with Crippen LogP contribution in [0.2, 0.25) is 0 Å². The molecule has 0 spiro atoms. The molecule has 4 heteroatoms. The Hall–Kier alpha value is -7.30. The molecule has 56 heavy (non-hydrogen) atoms. The average molecular weight is 715 g/mol. The zero-order valence-corrected chi connectivity index (χ0v) is 30.4. The molecule has 1 aliphatic heterocycles. The van der Waals surface area contributed by atoms with Crippen molar-refractivity contribution in [3.05, 3.63) is 210 Å². The predicted molar refractivity (Wildman–Crippen MR) is 230 cm³/mol. The maximum atomic E-state index is 5.42. The molecule has 2 aliphatic carbocycles. The van der Waals surface area contributed by atoms with Crippen molar-refractivity contribution in [1.82, 2.24) is 14.5 Å². The van der Waals surface area contributed by atoms with Crippen LogP contribution in [0.15, 0.2) is 194 Å². The molecule has 9 aromatic rings. The molecular formula is C52H34N4. The smallest absolute Gasteiger partial charge is 0.162 e. The lowest BCUT2D eigenvalue weighted by atomic mass is 9.75. The van der Waals surface area contributed by atoms with E-state index in [0.717, 1.165) is 33.7 Å². The van der Waals surface area contributed by atoms with Crippen molar-refractivity contribution in [2.24, 2.45) is 5.92 Å². The number of para-hydroxylation sites is 3. The van der Waals surface area contributed by atoms with Gasteiger partial charge >= 0.3 is 0 Å². The molecule has 2 aromatic heterocycles. The third-order valence-corrected chi connectivity index (χ3v) is 11.9. The van der Waals surface area contributed by atoms with Gasteiger partial charge in [-0.2, -0.15) is 0 Å². The van der Waals surface area contributed by atoms with Gasteiger partial charge < -0.3 is 4.90 Å². The predicted octanol–water partition coefficient (Wildman–Crippen LogP) is 10.7. The molecule has 0 radical (unpaired) electrons. The van der Waals surface area contributed by atoms with Crippen molar-refractivity contribution in [1.29, 1.82) is 0 Å². The van der Waals surface area contributed by atoms with Gasteiger partial charge in [0.25, 0.3) is 0 Å². The molecule has 2 unspecified atom stereocenters. The Morgan fingerprint density at radius 3 is 2.00 bits per heavy atom. The number of rotatable bonds is 4. The molecule has 0 amide bonds. The monoisotopic (exact) mass is 714 g/mol. The zero-order valence-electron chi connectivity index (χ0n) is 30.4. The highest BCUT2D eigenvalue weighted by Gasteiger charge is 2.43. The van der Waals surface area contributed by atoms with Crippen LogP contribution < -0.4 is 15.3 Å². The van der Waals surface area contributed by atoms with Gasteiger partial charge in [-0.3, -0.25) is 4.57 Å². The Balaban J connectivity index is 1.30. The number of hydrogen-bond acceptors (Lipinski definition) is 3. The highest BCUT2D eigenvalue weighted by Crippen LogP contribution is 2.50. The third kappa shape index (κ3) is 4.41. The van der Waals surface area contributed by atoms with E-state index in [4.69, 9.17) is 9.97 Å². The third-order valence-electron chi connectivity index (χ3n) is 11.9. The Kier molecular flexibility index (Phi) is 6.72. The van der Waals surface area contributed by atoms with Gasteiger partial charge in [-0.25, -0.2) is 9.97 Å². The topological polar surface area (TPSA) is 34.0 Å². The van der Waals surface area contributed by atoms with Gasteiger partial charge in [0.15, 0.2) is 5.82 Å². The van der Waals surface area contributed by atoms with E-state index < -0.39 is 0 Å². The van der Waals surface area contributed by atoms with Crippen molar-refractivity contribution in [2.75, 3.05) is 4.90 Å². The summed E-state index contributed by atoms with van der Waals surface area (Å²) in [6.45, 7) is 0. The van der Waals surface area contributed by atoms with Crippen LogP contribution in [0.4, 0.5) is 11.4 Å². The Morgan fingerprint density at radius 1 is 0.536 bits per heavy atom. The summed E-state index contributed by atoms with van der Waals surface area (Å²) in [6.07, 6.45) is 9.24. The fraction of sp³-hybridized carbons (Fsp3) is 0.0385. The fourth-order valence-electron chi connectivity index (χ4n) is 9.69. The number of benzene rings is 7. The van der Waals surface area contributed by atoms with Gasteiger partial charge in [-0.15, -0.1) is 0 Å². The highest BCUT2D eigenvalue weighted by atomic mass is 15.2. The van der Waals surface area contributed by atoms with Crippen LogP contribution in [-0.4, -0.2) is 20.6 Å². The minimum Gasteiger partial charge on any atom is -0.332 e. The van der Waals surface area contributed by atoms with Crippen LogP contribution in [0.1, 0.15) is 5.56 Å². The molecule has 3 heterocycles. The maximum absolute atomic E-state index is 5.42. The van der Waals surface area contributed by atoms with Crippen LogP contribution in [-0.2, 0) is 0 Å². The Bertz CT molecular complexity index is 3190. The lowest BCUT2D eigenvalue weighted by Crippen LogP contribution is -2.46. The minimum atomic E-state index is 0.0680. The van der Waals surface area contributed by atoms with Crippen molar-refractivity contribution in [3.8, 4) is 28.5 Å². The summed E-state index contributed by atoms with van der Waals surface area (Å²) in [4.78, 5) is 13.2. The first kappa shape index (κ1) is 31.1. The molecule has 0 saturated heterocycles. The van der Waals surface area contributed by atoms with E-state index in [1.807, 2.05) is 6.07 Å². The summed E-state index contributed by atoms with van der Waals surface area (Å²) in [6, 6.07) is 60.9. The molecule has 0 saturated carbocycles. The van der Waals surface area contributed by atoms with E-state index >= 15 is 0 Å². The zero-order chi connectivity index (χ0) is 36.7. The summed E-state index contributed by atoms with van der Waals surface area (Å²) in [5.41, 5.74) is 11.7. The summed E-state index contributed by atoms with van der Waals surface area (Å²) in [7, 11) is 0. The first-order valence-electron chi connectivity index (χ1n) is 19.3. The van der Waals surface area contributed by atoms with Gasteiger partial charge in [-0.1, -0.05) is 164 Å². The summed E-state index contributed by atoms with van der Waals surface area (Å²) >= 11 is 0. The van der Waals surface area contributed by atoms with Crippen molar-refractivity contribution in [3.63, 3.8) is 0 Å². The highest BCUT2D eigenvalue weighted by molar-refractivity contribution is 6.21. The number of hydrogen-bond donors (Lipinski definition) is 0. The molecule has 7 aromatic carbocycles. The van der Waals surface area contributed by atoms with Crippen LogP contribution in [0.25, 0.3) is 72.2 Å². The van der Waals surface area contributed by atoms with E-state index in [9.17, 15) is 0 Å². The van der Waals surface area contributed by atoms with Gasteiger partial charge in [0.2, 0.25) is 0 Å². The number of anilines is 2. The molecule has 12 rings (SSSR count). The van der Waals surface area contributed by atoms with Gasteiger partial charge in [0, 0.05) is 56.2 Å². The van der Waals surface area contributed by atoms with E-state index in [2.05, 4.69) is 198 Å². The minimum absolute atomic E-state index is 0.0680. The fourth-order valence-corrected chi connectivity index (χ4v) is 9.69. The second-order valence-electron chi connectivity index (χ2n) is 14.8. The summed E-state index contributed by atoms with van der Waals surface area (Å²) in [5.74, 6) is 1.70. The molecule has 4 nitrogen and oxygen atoms in total. The number of nitrogens with zero attached hydrogens (tertiary/aromatic N) is 4. The Morgan fingerprint density at radius 2 is 1.20 bits per heavy atom. The molecular weight excluding hydrogens is 681 g/mol. The van der Waals surface area contributed by atoms with Crippen LogP contribution in [0.5, 0.6) is 0 Å². The largest absolute Gasteiger partial charge is 0.332 e. The molecule has 0 fully saturated rings. The van der Waals surface area contributed by atoms with E-state index in [1.54, 1.807) is 0 Å². The first-order chi connectivity index (χ1) is 27.8. The van der Waals surface area contributed by atoms with Crippen LogP contribution in [0, 0.1) is 5.92 Å². The standard InChI is InChI=1S/C52H34N4/c1-4-18-33(19-5-1)42-32-45(54-52(53-42)34-20-6-2-7-21-34)56-44-31-17-15-29-41(44)48-49-46(37-25-11-13-27-39(37)51(48)56)36-24-10-12-26-38(36)50-47(49)40-28-14-16-30-43(40)55(50)35-22-8-3-9-23-35/h1-32,38,50H. The first-order valence-corrected chi connectivity index (χ1v) is 19.3. The van der Waals surface area contributed by atoms with Crippen molar-refractivity contribution < 1.29 is 0 Å². The molecule has 0 N–H and O–H groups in total. The number of allylic oxidation sites excluding steroid dienone is 3. The SMILES string of the molecule is C1=CC2=c3c(c4c5ccccc5n(-c5cc(-c6ccccc6)nc(-c6ccccc6)n5)c4c4ccccc34)=C3c4ccccc4N(c4ccccc4)C3C2C=C1. The number of fused-ring (bicyclic) bond motifs is 13. The van der Waals surface area contributed by atoms with E-state index in [-0.39, 0.29) is 12.0 Å². The van der Waals surface area contributed by atoms with E-state index in [0.29, 0.717) is 5.82 Å². The summed E-state index contributed by atoms with van der Waals surface area (Å²) < 4.78 is 2.41. The molecule has 262 valence electrons. The van der Waals surface area contributed by atoms with Crippen LogP contribution in [0.3, 0.4) is 0 Å². The van der Waals surface area contributed by atoms with Crippen molar-refractivity contribution >= 4 is 55.1 Å². The average Bonchev–Trinajstić information content (AvgIpc) is 3.81. The van der Waals surface area contributed by atoms with Gasteiger partial charge in [-0.05, 0) is 51.2 Å². The number of aromatic nitrogens is 3. The van der Waals surface area contributed by atoms with Crippen molar-refractivity contribution in [2.45, 2.75) is 6.04 Å². The lowest BCUT2D eigenvalue weighted by Gasteiger charge is -2.37. The van der Waals surface area contributed by atoms with Gasteiger partial charge in [0.05, 0.1) is 22.8 Å². The second-order valence-corrected chi connectivity index (χ2v) is 14.8. The maximum Gasteiger partial charge on any atom is 0.162 e. The lowest BCUT2D eigenvalue weighted by molar-refractivity contribution is 0.705.